The molecule has 0 atom stereocenters. The van der Waals surface area contributed by atoms with Gasteiger partial charge in [0.2, 0.25) is 0 Å². The van der Waals surface area contributed by atoms with Crippen molar-refractivity contribution in [1.29, 1.82) is 0 Å². The number of nitrogens with one attached hydrogen (secondary N) is 2. The molecule has 0 aromatic heterocycles. The van der Waals surface area contributed by atoms with Crippen LogP contribution < -0.4 is 10.9 Å². The van der Waals surface area contributed by atoms with Crippen molar-refractivity contribution in [2.45, 2.75) is 9.79 Å². The minimum atomic E-state index is -0.892. The van der Waals surface area contributed by atoms with Gasteiger partial charge in [-0.3, -0.25) is 9.59 Å². The molecular weight excluding hydrogens is 368 g/mol. The van der Waals surface area contributed by atoms with E-state index in [0.717, 1.165) is 20.9 Å². The van der Waals surface area contributed by atoms with Crippen molar-refractivity contribution in [3.8, 4) is 0 Å². The first-order valence-corrected chi connectivity index (χ1v) is 10.0. The maximum atomic E-state index is 11.6. The fourth-order valence-electron chi connectivity index (χ4n) is 1.81. The van der Waals surface area contributed by atoms with Gasteiger partial charge >= 0.3 is 11.8 Å². The van der Waals surface area contributed by atoms with Crippen molar-refractivity contribution in [2.75, 3.05) is 12.5 Å². The summed E-state index contributed by atoms with van der Waals surface area (Å²) in [5.41, 5.74) is 5.95. The Bertz CT molecular complexity index is 733. The van der Waals surface area contributed by atoms with Gasteiger partial charge < -0.3 is 0 Å². The van der Waals surface area contributed by atoms with E-state index in [1.165, 1.54) is 12.4 Å². The molecule has 0 unspecified atom stereocenters. The van der Waals surface area contributed by atoms with E-state index in [1.54, 1.807) is 23.5 Å². The van der Waals surface area contributed by atoms with Crippen LogP contribution in [-0.4, -0.2) is 36.8 Å². The third kappa shape index (κ3) is 6.38. The van der Waals surface area contributed by atoms with Gasteiger partial charge in [0.05, 0.1) is 12.4 Å². The van der Waals surface area contributed by atoms with Gasteiger partial charge in [0.15, 0.2) is 0 Å². The van der Waals surface area contributed by atoms with Gasteiger partial charge in [0.1, 0.15) is 0 Å². The number of hydrogen-bond donors (Lipinski definition) is 2. The monoisotopic (exact) mass is 386 g/mol. The molecule has 0 spiro atoms. The Labute approximate surface area is 160 Å². The largest absolute Gasteiger partial charge is 0.331 e. The number of benzene rings is 2. The highest BCUT2D eigenvalue weighted by atomic mass is 32.2. The van der Waals surface area contributed by atoms with Crippen molar-refractivity contribution in [1.82, 2.24) is 10.9 Å². The summed E-state index contributed by atoms with van der Waals surface area (Å²) in [5, 5.41) is 7.51. The molecule has 0 heterocycles. The van der Waals surface area contributed by atoms with Crippen LogP contribution in [-0.2, 0) is 9.59 Å². The smallest absolute Gasteiger partial charge is 0.262 e. The van der Waals surface area contributed by atoms with Gasteiger partial charge in [0, 0.05) is 9.79 Å². The number of rotatable bonds is 6. The number of hydrazone groups is 2. The summed E-state index contributed by atoms with van der Waals surface area (Å²) in [7, 11) is 0. The van der Waals surface area contributed by atoms with Crippen LogP contribution in [0.15, 0.2) is 68.5 Å². The summed E-state index contributed by atoms with van der Waals surface area (Å²) >= 11 is 3.27. The van der Waals surface area contributed by atoms with Gasteiger partial charge in [-0.2, -0.15) is 10.2 Å². The van der Waals surface area contributed by atoms with Gasteiger partial charge in [-0.15, -0.1) is 23.5 Å². The Kier molecular flexibility index (Phi) is 7.91. The highest BCUT2D eigenvalue weighted by Crippen LogP contribution is 2.14. The zero-order chi connectivity index (χ0) is 18.8. The van der Waals surface area contributed by atoms with Crippen LogP contribution in [0.1, 0.15) is 11.1 Å². The average Bonchev–Trinajstić information content (AvgIpc) is 2.68. The van der Waals surface area contributed by atoms with Crippen molar-refractivity contribution in [3.05, 3.63) is 59.7 Å². The standard InChI is InChI=1S/C18H18N4O2S2/c1-25-15-7-3-13(4-8-15)11-19-21-17(23)18(24)22-20-12-14-5-9-16(26-2)10-6-14/h3-12H,1-2H3,(H,21,23)(H,22,24)/b19-11+,20-12+. The molecule has 134 valence electrons. The Balaban J connectivity index is 1.79. The number of thioether (sulfide) groups is 2. The van der Waals surface area contributed by atoms with Crippen LogP contribution in [0.25, 0.3) is 0 Å². The summed E-state index contributed by atoms with van der Waals surface area (Å²) in [6, 6.07) is 15.3. The minimum absolute atomic E-state index is 0.815. The molecule has 0 aliphatic heterocycles. The van der Waals surface area contributed by atoms with E-state index in [1.807, 2.05) is 61.0 Å². The lowest BCUT2D eigenvalue weighted by Crippen LogP contribution is -2.35. The second-order valence-electron chi connectivity index (χ2n) is 4.94. The third-order valence-corrected chi connectivity index (χ3v) is 4.68. The van der Waals surface area contributed by atoms with Gasteiger partial charge in [0.25, 0.3) is 0 Å². The first kappa shape index (κ1) is 19.7. The van der Waals surface area contributed by atoms with E-state index < -0.39 is 11.8 Å². The molecule has 0 aliphatic rings. The quantitative estimate of drug-likeness (QED) is 0.346. The highest BCUT2D eigenvalue weighted by molar-refractivity contribution is 7.98. The predicted molar refractivity (Wildman–Crippen MR) is 108 cm³/mol. The first-order chi connectivity index (χ1) is 12.6. The first-order valence-electron chi connectivity index (χ1n) is 7.57. The molecule has 2 amide bonds. The molecule has 0 aliphatic carbocycles. The molecule has 2 aromatic carbocycles. The number of amides is 2. The topological polar surface area (TPSA) is 82.9 Å². The molecule has 0 bridgehead atoms. The fourth-order valence-corrected chi connectivity index (χ4v) is 2.63. The third-order valence-electron chi connectivity index (χ3n) is 3.20. The molecule has 0 saturated heterocycles. The average molecular weight is 387 g/mol. The number of carbonyl (C=O) groups is 2. The normalized spacial score (nSPS) is 11.0. The zero-order valence-electron chi connectivity index (χ0n) is 14.3. The van der Waals surface area contributed by atoms with Crippen LogP contribution in [0.5, 0.6) is 0 Å². The van der Waals surface area contributed by atoms with E-state index in [2.05, 4.69) is 21.1 Å². The zero-order valence-corrected chi connectivity index (χ0v) is 15.9. The molecule has 26 heavy (non-hydrogen) atoms. The van der Waals surface area contributed by atoms with Crippen LogP contribution in [0.4, 0.5) is 0 Å². The molecule has 2 aromatic rings. The number of hydrogen-bond acceptors (Lipinski definition) is 6. The molecule has 2 rings (SSSR count). The van der Waals surface area contributed by atoms with E-state index in [4.69, 9.17) is 0 Å². The Hall–Kier alpha value is -2.58. The van der Waals surface area contributed by atoms with Gasteiger partial charge in [-0.05, 0) is 47.9 Å². The van der Waals surface area contributed by atoms with Gasteiger partial charge in [-0.25, -0.2) is 10.9 Å². The summed E-state index contributed by atoms with van der Waals surface area (Å²) < 4.78 is 0. The van der Waals surface area contributed by atoms with Crippen molar-refractivity contribution in [2.24, 2.45) is 10.2 Å². The van der Waals surface area contributed by atoms with Gasteiger partial charge in [-0.1, -0.05) is 24.3 Å². The van der Waals surface area contributed by atoms with E-state index in [0.29, 0.717) is 0 Å². The van der Waals surface area contributed by atoms with E-state index in [-0.39, 0.29) is 0 Å². The Morgan fingerprint density at radius 3 is 1.38 bits per heavy atom. The van der Waals surface area contributed by atoms with Crippen molar-refractivity contribution in [3.63, 3.8) is 0 Å². The fraction of sp³-hybridized carbons (Fsp3) is 0.111. The molecule has 0 radical (unpaired) electrons. The SMILES string of the molecule is CSc1ccc(/C=N/NC(=O)C(=O)N/N=C/c2ccc(SC)cc2)cc1. The van der Waals surface area contributed by atoms with Crippen molar-refractivity contribution < 1.29 is 9.59 Å². The summed E-state index contributed by atoms with van der Waals surface area (Å²) in [4.78, 5) is 25.5. The molecule has 8 heteroatoms. The molecule has 2 N–H and O–H groups in total. The van der Waals surface area contributed by atoms with Crippen LogP contribution in [0, 0.1) is 0 Å². The second kappa shape index (κ2) is 10.4. The molecule has 6 nitrogen and oxygen atoms in total. The lowest BCUT2D eigenvalue weighted by Gasteiger charge is -1.99. The number of nitrogens with zero attached hydrogens (tertiary/aromatic N) is 2. The number of carbonyl (C=O) groups excluding carboxylic acids is 2. The van der Waals surface area contributed by atoms with Crippen LogP contribution >= 0.6 is 23.5 Å². The molecule has 0 saturated carbocycles. The Morgan fingerprint density at radius 2 is 1.08 bits per heavy atom. The lowest BCUT2D eigenvalue weighted by atomic mass is 10.2. The maximum Gasteiger partial charge on any atom is 0.331 e. The Morgan fingerprint density at radius 1 is 0.731 bits per heavy atom. The second-order valence-corrected chi connectivity index (χ2v) is 6.70. The minimum Gasteiger partial charge on any atom is -0.262 e. The predicted octanol–water partition coefficient (Wildman–Crippen LogP) is 2.73. The summed E-state index contributed by atoms with van der Waals surface area (Å²) in [6.45, 7) is 0. The van der Waals surface area contributed by atoms with Crippen LogP contribution in [0.3, 0.4) is 0 Å². The van der Waals surface area contributed by atoms with E-state index in [9.17, 15) is 9.59 Å². The molecular formula is C18H18N4O2S2. The highest BCUT2D eigenvalue weighted by Gasteiger charge is 2.10. The summed E-state index contributed by atoms with van der Waals surface area (Å²) in [6.07, 6.45) is 6.91. The lowest BCUT2D eigenvalue weighted by molar-refractivity contribution is -0.139. The van der Waals surface area contributed by atoms with Crippen molar-refractivity contribution >= 4 is 47.8 Å². The maximum absolute atomic E-state index is 11.6. The van der Waals surface area contributed by atoms with Crippen LogP contribution in [0.2, 0.25) is 0 Å². The summed E-state index contributed by atoms with van der Waals surface area (Å²) in [5.74, 6) is -1.78. The van der Waals surface area contributed by atoms with E-state index >= 15 is 0 Å². The molecule has 0 fully saturated rings.